The number of nitrogens with two attached hydrogens (primary N) is 1. The number of fused-ring (bicyclic) bond motifs is 1. The third-order valence-electron chi connectivity index (χ3n) is 3.88. The molecule has 0 saturated heterocycles. The second-order valence-electron chi connectivity index (χ2n) is 5.17. The number of nitrogens with zero attached hydrogens (tertiary/aromatic N) is 1. The zero-order chi connectivity index (χ0) is 14.1. The lowest BCUT2D eigenvalue weighted by atomic mass is 9.94. The number of hydrogen-bond acceptors (Lipinski definition) is 3. The first-order valence-electron chi connectivity index (χ1n) is 6.90. The summed E-state index contributed by atoms with van der Waals surface area (Å²) in [6.07, 6.45) is 5.75. The molecule has 1 aliphatic rings. The Morgan fingerprint density at radius 2 is 2.05 bits per heavy atom. The number of nitrogen functional groups attached to an aromatic ring is 1. The second kappa shape index (κ2) is 5.37. The number of benzene rings is 1. The quantitative estimate of drug-likeness (QED) is 0.831. The molecule has 0 spiro atoms. The van der Waals surface area contributed by atoms with E-state index in [0.717, 1.165) is 24.1 Å². The average Bonchev–Trinajstić information content (AvgIpc) is 2.72. The Bertz CT molecular complexity index is 636. The minimum Gasteiger partial charge on any atom is -0.494 e. The van der Waals surface area contributed by atoms with E-state index in [2.05, 4.69) is 10.2 Å². The molecule has 106 valence electrons. The van der Waals surface area contributed by atoms with Gasteiger partial charge >= 0.3 is 0 Å². The first kappa shape index (κ1) is 13.3. The van der Waals surface area contributed by atoms with E-state index >= 15 is 0 Å². The lowest BCUT2D eigenvalue weighted by Crippen LogP contribution is -2.00. The van der Waals surface area contributed by atoms with E-state index in [4.69, 9.17) is 22.1 Å². The molecule has 1 aromatic carbocycles. The molecule has 0 amide bonds. The van der Waals surface area contributed by atoms with Crippen molar-refractivity contribution in [1.29, 1.82) is 0 Å². The van der Waals surface area contributed by atoms with Crippen LogP contribution in [0.1, 0.15) is 30.4 Å². The fourth-order valence-electron chi connectivity index (χ4n) is 2.97. The molecule has 0 unspecified atom stereocenters. The molecule has 1 aromatic heterocycles. The van der Waals surface area contributed by atoms with Gasteiger partial charge in [0.1, 0.15) is 11.6 Å². The molecule has 0 fully saturated rings. The Kier molecular flexibility index (Phi) is 3.57. The van der Waals surface area contributed by atoms with Crippen molar-refractivity contribution >= 4 is 17.4 Å². The summed E-state index contributed by atoms with van der Waals surface area (Å²) in [5, 5.41) is 7.65. The van der Waals surface area contributed by atoms with Gasteiger partial charge in [0.2, 0.25) is 0 Å². The molecule has 20 heavy (non-hydrogen) atoms. The summed E-state index contributed by atoms with van der Waals surface area (Å²) < 4.78 is 5.53. The van der Waals surface area contributed by atoms with Crippen molar-refractivity contribution < 1.29 is 4.74 Å². The van der Waals surface area contributed by atoms with Crippen molar-refractivity contribution in [2.45, 2.75) is 32.1 Å². The Balaban J connectivity index is 2.26. The summed E-state index contributed by atoms with van der Waals surface area (Å²) in [6.45, 7) is 0. The van der Waals surface area contributed by atoms with Gasteiger partial charge in [-0.25, -0.2) is 0 Å². The molecule has 3 N–H and O–H groups in total. The molecule has 2 aromatic rings. The summed E-state index contributed by atoms with van der Waals surface area (Å²) >= 11 is 6.39. The van der Waals surface area contributed by atoms with Gasteiger partial charge in [0, 0.05) is 11.6 Å². The molecule has 0 aliphatic heterocycles. The number of H-pyrrole nitrogens is 1. The number of hydrogen-bond donors (Lipinski definition) is 2. The maximum absolute atomic E-state index is 6.39. The second-order valence-corrected chi connectivity index (χ2v) is 5.58. The molecule has 0 saturated carbocycles. The smallest absolute Gasteiger partial charge is 0.147 e. The molecule has 4 nitrogen and oxygen atoms in total. The van der Waals surface area contributed by atoms with Crippen molar-refractivity contribution in [2.75, 3.05) is 12.8 Å². The summed E-state index contributed by atoms with van der Waals surface area (Å²) in [6, 6.07) is 3.88. The molecule has 3 rings (SSSR count). The maximum Gasteiger partial charge on any atom is 0.147 e. The zero-order valence-corrected chi connectivity index (χ0v) is 12.3. The predicted octanol–water partition coefficient (Wildman–Crippen LogP) is 3.59. The van der Waals surface area contributed by atoms with Crippen molar-refractivity contribution in [2.24, 2.45) is 0 Å². The molecule has 0 bridgehead atoms. The van der Waals surface area contributed by atoms with Gasteiger partial charge in [-0.2, -0.15) is 5.10 Å². The number of nitrogens with one attached hydrogen (secondary N) is 1. The third kappa shape index (κ3) is 2.24. The molecule has 0 atom stereocenters. The highest BCUT2D eigenvalue weighted by molar-refractivity contribution is 6.32. The van der Waals surface area contributed by atoms with Gasteiger partial charge in [0.05, 0.1) is 17.8 Å². The largest absolute Gasteiger partial charge is 0.494 e. The normalized spacial score (nSPS) is 14.7. The van der Waals surface area contributed by atoms with Crippen LogP contribution in [0.3, 0.4) is 0 Å². The SMILES string of the molecule is COc1c(Cl)cc2c(c1-c1cc(N)n[nH]1)CCCCC2. The molecular formula is C15H18ClN3O. The fraction of sp³-hybridized carbons (Fsp3) is 0.400. The first-order valence-corrected chi connectivity index (χ1v) is 7.28. The van der Waals surface area contributed by atoms with E-state index in [1.165, 1.54) is 30.4 Å². The number of halogens is 1. The van der Waals surface area contributed by atoms with Crippen molar-refractivity contribution in [3.8, 4) is 17.0 Å². The predicted molar refractivity (Wildman–Crippen MR) is 81.3 cm³/mol. The fourth-order valence-corrected chi connectivity index (χ4v) is 3.28. The molecule has 0 radical (unpaired) electrons. The van der Waals surface area contributed by atoms with Crippen LogP contribution in [0.15, 0.2) is 12.1 Å². The van der Waals surface area contributed by atoms with Gasteiger partial charge < -0.3 is 10.5 Å². The summed E-state index contributed by atoms with van der Waals surface area (Å²) in [7, 11) is 1.65. The summed E-state index contributed by atoms with van der Waals surface area (Å²) in [5.41, 5.74) is 10.3. The van der Waals surface area contributed by atoms with Crippen LogP contribution in [0.2, 0.25) is 5.02 Å². The minimum absolute atomic E-state index is 0.476. The van der Waals surface area contributed by atoms with Crippen LogP contribution < -0.4 is 10.5 Å². The number of aromatic nitrogens is 2. The maximum atomic E-state index is 6.39. The van der Waals surface area contributed by atoms with Gasteiger partial charge in [-0.1, -0.05) is 18.0 Å². The van der Waals surface area contributed by atoms with Crippen LogP contribution in [0.5, 0.6) is 5.75 Å². The monoisotopic (exact) mass is 291 g/mol. The van der Waals surface area contributed by atoms with Gasteiger partial charge in [-0.3, -0.25) is 5.10 Å². The van der Waals surface area contributed by atoms with Crippen molar-refractivity contribution in [3.05, 3.63) is 28.3 Å². The van der Waals surface area contributed by atoms with E-state index < -0.39 is 0 Å². The van der Waals surface area contributed by atoms with Gasteiger partial charge in [0.15, 0.2) is 0 Å². The van der Waals surface area contributed by atoms with Crippen LogP contribution in [0, 0.1) is 0 Å². The van der Waals surface area contributed by atoms with Gasteiger partial charge in [-0.05, 0) is 42.9 Å². The lowest BCUT2D eigenvalue weighted by molar-refractivity contribution is 0.416. The highest BCUT2D eigenvalue weighted by atomic mass is 35.5. The Morgan fingerprint density at radius 3 is 2.75 bits per heavy atom. The highest BCUT2D eigenvalue weighted by Crippen LogP contribution is 2.42. The number of aromatic amines is 1. The van der Waals surface area contributed by atoms with Gasteiger partial charge in [0.25, 0.3) is 0 Å². The third-order valence-corrected chi connectivity index (χ3v) is 4.16. The molecule has 1 heterocycles. The van der Waals surface area contributed by atoms with Crippen LogP contribution in [0.25, 0.3) is 11.3 Å². The standard InChI is InChI=1S/C15H18ClN3O/c1-20-15-11(16)7-9-5-3-2-4-6-10(9)14(15)12-8-13(17)19-18-12/h7-8H,2-6H2,1H3,(H3,17,18,19). The molecular weight excluding hydrogens is 274 g/mol. The Morgan fingerprint density at radius 1 is 1.25 bits per heavy atom. The number of aryl methyl sites for hydroxylation is 1. The van der Waals surface area contributed by atoms with Crippen LogP contribution >= 0.6 is 11.6 Å². The molecule has 1 aliphatic carbocycles. The van der Waals surface area contributed by atoms with Crippen LogP contribution in [-0.4, -0.2) is 17.3 Å². The number of ether oxygens (including phenoxy) is 1. The van der Waals surface area contributed by atoms with Gasteiger partial charge in [-0.15, -0.1) is 0 Å². The summed E-state index contributed by atoms with van der Waals surface area (Å²) in [4.78, 5) is 0. The van der Waals surface area contributed by atoms with E-state index in [0.29, 0.717) is 16.6 Å². The first-order chi connectivity index (χ1) is 9.70. The van der Waals surface area contributed by atoms with Crippen molar-refractivity contribution in [1.82, 2.24) is 10.2 Å². The average molecular weight is 292 g/mol. The van der Waals surface area contributed by atoms with E-state index in [9.17, 15) is 0 Å². The topological polar surface area (TPSA) is 63.9 Å². The number of anilines is 1. The van der Waals surface area contributed by atoms with E-state index in [1.807, 2.05) is 12.1 Å². The van der Waals surface area contributed by atoms with E-state index in [1.54, 1.807) is 7.11 Å². The number of methoxy groups -OCH3 is 1. The van der Waals surface area contributed by atoms with Crippen LogP contribution in [0.4, 0.5) is 5.82 Å². The highest BCUT2D eigenvalue weighted by Gasteiger charge is 2.21. The molecule has 5 heteroatoms. The Labute approximate surface area is 123 Å². The zero-order valence-electron chi connectivity index (χ0n) is 11.5. The lowest BCUT2D eigenvalue weighted by Gasteiger charge is -2.17. The van der Waals surface area contributed by atoms with E-state index in [-0.39, 0.29) is 0 Å². The number of rotatable bonds is 2. The summed E-state index contributed by atoms with van der Waals surface area (Å²) in [5.74, 6) is 1.18. The van der Waals surface area contributed by atoms with Crippen molar-refractivity contribution in [3.63, 3.8) is 0 Å². The minimum atomic E-state index is 0.476. The van der Waals surface area contributed by atoms with Crippen LogP contribution in [-0.2, 0) is 12.8 Å². The Hall–Kier alpha value is -1.68.